The highest BCUT2D eigenvalue weighted by Gasteiger charge is 2.44. The summed E-state index contributed by atoms with van der Waals surface area (Å²) in [4.78, 5) is 34.0. The third kappa shape index (κ3) is 2.76. The van der Waals surface area contributed by atoms with Crippen molar-refractivity contribution in [1.82, 2.24) is 4.98 Å². The molecule has 1 unspecified atom stereocenters. The molecule has 1 atom stereocenters. The Hall–Kier alpha value is -2.77. The smallest absolute Gasteiger partial charge is 0.297 e. The van der Waals surface area contributed by atoms with Crippen LogP contribution in [-0.2, 0) is 0 Å². The second-order valence-electron chi connectivity index (χ2n) is 6.94. The van der Waals surface area contributed by atoms with Crippen LogP contribution >= 0.6 is 27.3 Å². The predicted octanol–water partition coefficient (Wildman–Crippen LogP) is 5.38. The fraction of sp³-hybridized carbons (Fsp3) is 0.136. The number of carbonyl (C=O) groups is 1. The van der Waals surface area contributed by atoms with E-state index in [1.807, 2.05) is 38.1 Å². The standard InChI is InChI=1S/C22H15BrN2O3S/c1-11-12(2)29-22(24-11)25-18(13-7-9-14(23)10-8-13)17-19(26)15-5-3-4-6-16(15)28-20(17)21(25)27/h3-10,18H,1-2H3. The molecule has 0 bridgehead atoms. The summed E-state index contributed by atoms with van der Waals surface area (Å²) in [6.07, 6.45) is 0. The summed E-state index contributed by atoms with van der Waals surface area (Å²) in [6, 6.07) is 14.0. The second-order valence-corrected chi connectivity index (χ2v) is 9.03. The van der Waals surface area contributed by atoms with Crippen molar-refractivity contribution in [2.24, 2.45) is 0 Å². The average Bonchev–Trinajstić information content (AvgIpc) is 3.19. The molecule has 0 saturated carbocycles. The van der Waals surface area contributed by atoms with E-state index in [9.17, 15) is 9.59 Å². The fourth-order valence-corrected chi connectivity index (χ4v) is 4.84. The summed E-state index contributed by atoms with van der Waals surface area (Å²) >= 11 is 4.89. The van der Waals surface area contributed by atoms with E-state index in [-0.39, 0.29) is 17.1 Å². The van der Waals surface area contributed by atoms with Gasteiger partial charge in [-0.15, -0.1) is 11.3 Å². The first-order valence-corrected chi connectivity index (χ1v) is 10.7. The van der Waals surface area contributed by atoms with E-state index in [1.54, 1.807) is 29.2 Å². The summed E-state index contributed by atoms with van der Waals surface area (Å²) in [5, 5.41) is 1.03. The Morgan fingerprint density at radius 3 is 2.48 bits per heavy atom. The topological polar surface area (TPSA) is 63.4 Å². The Kier molecular flexibility index (Phi) is 4.18. The molecule has 2 aromatic carbocycles. The lowest BCUT2D eigenvalue weighted by Crippen LogP contribution is -2.29. The van der Waals surface area contributed by atoms with Crippen molar-refractivity contribution in [3.8, 4) is 0 Å². The van der Waals surface area contributed by atoms with Crippen molar-refractivity contribution in [2.75, 3.05) is 4.90 Å². The molecule has 5 rings (SSSR count). The van der Waals surface area contributed by atoms with Crippen LogP contribution in [0.5, 0.6) is 0 Å². The highest BCUT2D eigenvalue weighted by molar-refractivity contribution is 9.10. The first-order chi connectivity index (χ1) is 14.0. The Morgan fingerprint density at radius 1 is 1.07 bits per heavy atom. The lowest BCUT2D eigenvalue weighted by molar-refractivity contribution is 0.0971. The Labute approximate surface area is 178 Å². The molecule has 5 nitrogen and oxygen atoms in total. The largest absolute Gasteiger partial charge is 0.450 e. The zero-order valence-electron chi connectivity index (χ0n) is 15.6. The highest BCUT2D eigenvalue weighted by atomic mass is 79.9. The van der Waals surface area contributed by atoms with Crippen molar-refractivity contribution < 1.29 is 9.21 Å². The number of rotatable bonds is 2. The van der Waals surface area contributed by atoms with Gasteiger partial charge in [-0.2, -0.15) is 0 Å². The molecule has 144 valence electrons. The number of aromatic nitrogens is 1. The van der Waals surface area contributed by atoms with E-state index < -0.39 is 6.04 Å². The summed E-state index contributed by atoms with van der Waals surface area (Å²) in [6.45, 7) is 3.88. The number of fused-ring (bicyclic) bond motifs is 2. The summed E-state index contributed by atoms with van der Waals surface area (Å²) in [5.41, 5.74) is 2.28. The predicted molar refractivity (Wildman–Crippen MR) is 117 cm³/mol. The number of hydrogen-bond acceptors (Lipinski definition) is 5. The molecule has 0 spiro atoms. The molecule has 1 aliphatic rings. The van der Waals surface area contributed by atoms with Crippen molar-refractivity contribution in [1.29, 1.82) is 0 Å². The van der Waals surface area contributed by atoms with Crippen molar-refractivity contribution >= 4 is 49.3 Å². The van der Waals surface area contributed by atoms with Gasteiger partial charge in [-0.25, -0.2) is 4.98 Å². The van der Waals surface area contributed by atoms with E-state index in [1.165, 1.54) is 11.3 Å². The van der Waals surface area contributed by atoms with Crippen molar-refractivity contribution in [2.45, 2.75) is 19.9 Å². The summed E-state index contributed by atoms with van der Waals surface area (Å²) in [7, 11) is 0. The number of carbonyl (C=O) groups excluding carboxylic acids is 1. The molecule has 29 heavy (non-hydrogen) atoms. The third-order valence-corrected chi connectivity index (χ3v) is 6.79. The molecular weight excluding hydrogens is 452 g/mol. The quantitative estimate of drug-likeness (QED) is 0.397. The molecule has 0 aliphatic carbocycles. The molecule has 0 fully saturated rings. The van der Waals surface area contributed by atoms with Gasteiger partial charge in [0.25, 0.3) is 5.91 Å². The molecule has 1 aliphatic heterocycles. The number of anilines is 1. The van der Waals surface area contributed by atoms with E-state index in [0.29, 0.717) is 21.7 Å². The summed E-state index contributed by atoms with van der Waals surface area (Å²) < 4.78 is 6.86. The molecule has 0 N–H and O–H groups in total. The molecule has 7 heteroatoms. The zero-order valence-corrected chi connectivity index (χ0v) is 18.0. The SMILES string of the molecule is Cc1nc(N2C(=O)c3oc4ccccc4c(=O)c3C2c2ccc(Br)cc2)sc1C. The normalized spacial score (nSPS) is 15.9. The molecule has 0 radical (unpaired) electrons. The molecule has 2 aromatic heterocycles. The second kappa shape index (κ2) is 6.64. The summed E-state index contributed by atoms with van der Waals surface area (Å²) in [5.74, 6) is -0.253. The Bertz CT molecular complexity index is 1320. The number of aryl methyl sites for hydroxylation is 2. The van der Waals surface area contributed by atoms with Crippen LogP contribution in [0.15, 0.2) is 62.2 Å². The van der Waals surface area contributed by atoms with Gasteiger partial charge in [0.2, 0.25) is 5.76 Å². The number of hydrogen-bond donors (Lipinski definition) is 0. The fourth-order valence-electron chi connectivity index (χ4n) is 3.64. The van der Waals surface area contributed by atoms with Crippen LogP contribution in [-0.4, -0.2) is 10.9 Å². The van der Waals surface area contributed by atoms with Crippen molar-refractivity contribution in [3.05, 3.63) is 90.7 Å². The lowest BCUT2D eigenvalue weighted by Gasteiger charge is -2.22. The van der Waals surface area contributed by atoms with E-state index in [0.717, 1.165) is 20.6 Å². The minimum Gasteiger partial charge on any atom is -0.450 e. The van der Waals surface area contributed by atoms with E-state index >= 15 is 0 Å². The maximum atomic E-state index is 13.4. The first-order valence-electron chi connectivity index (χ1n) is 9.04. The van der Waals surface area contributed by atoms with Gasteiger partial charge in [0.05, 0.1) is 22.7 Å². The molecule has 4 aromatic rings. The number of thiazole rings is 1. The maximum Gasteiger partial charge on any atom is 0.297 e. The van der Waals surface area contributed by atoms with Crippen LogP contribution in [0.3, 0.4) is 0 Å². The van der Waals surface area contributed by atoms with Gasteiger partial charge in [-0.1, -0.05) is 40.2 Å². The molecular formula is C22H15BrN2O3S. The highest BCUT2D eigenvalue weighted by Crippen LogP contribution is 2.43. The van der Waals surface area contributed by atoms with Crippen LogP contribution in [0.4, 0.5) is 5.13 Å². The molecule has 1 amide bonds. The number of benzene rings is 2. The van der Waals surface area contributed by atoms with Crippen LogP contribution < -0.4 is 10.3 Å². The Morgan fingerprint density at radius 2 is 1.79 bits per heavy atom. The van der Waals surface area contributed by atoms with E-state index in [2.05, 4.69) is 20.9 Å². The minimum absolute atomic E-state index is 0.0899. The van der Waals surface area contributed by atoms with Gasteiger partial charge < -0.3 is 4.42 Å². The van der Waals surface area contributed by atoms with Crippen LogP contribution in [0.1, 0.15) is 38.3 Å². The molecule has 3 heterocycles. The van der Waals surface area contributed by atoms with Gasteiger partial charge >= 0.3 is 0 Å². The number of nitrogens with zero attached hydrogens (tertiary/aromatic N) is 2. The van der Waals surface area contributed by atoms with Gasteiger partial charge in [0.15, 0.2) is 10.6 Å². The van der Waals surface area contributed by atoms with Gasteiger partial charge in [0, 0.05) is 9.35 Å². The monoisotopic (exact) mass is 466 g/mol. The Balaban J connectivity index is 1.82. The average molecular weight is 467 g/mol. The number of para-hydroxylation sites is 1. The van der Waals surface area contributed by atoms with Gasteiger partial charge in [-0.3, -0.25) is 14.5 Å². The minimum atomic E-state index is -0.587. The lowest BCUT2D eigenvalue weighted by atomic mass is 9.99. The number of halogens is 1. The van der Waals surface area contributed by atoms with Gasteiger partial charge in [0.1, 0.15) is 5.58 Å². The van der Waals surface area contributed by atoms with E-state index in [4.69, 9.17) is 4.42 Å². The first kappa shape index (κ1) is 18.3. The maximum absolute atomic E-state index is 13.4. The van der Waals surface area contributed by atoms with Gasteiger partial charge in [-0.05, 0) is 43.7 Å². The van der Waals surface area contributed by atoms with Crippen molar-refractivity contribution in [3.63, 3.8) is 0 Å². The van der Waals surface area contributed by atoms with Crippen LogP contribution in [0.2, 0.25) is 0 Å². The van der Waals surface area contributed by atoms with Crippen LogP contribution in [0, 0.1) is 13.8 Å². The molecule has 0 saturated heterocycles. The number of amides is 1. The zero-order chi connectivity index (χ0) is 20.3. The van der Waals surface area contributed by atoms with Crippen LogP contribution in [0.25, 0.3) is 11.0 Å². The third-order valence-electron chi connectivity index (χ3n) is 5.19.